The molecule has 1 aliphatic rings. The maximum absolute atomic E-state index is 9.64. The van der Waals surface area contributed by atoms with Crippen molar-refractivity contribution >= 4 is 0 Å². The van der Waals surface area contributed by atoms with Crippen LogP contribution in [0.15, 0.2) is 12.2 Å². The van der Waals surface area contributed by atoms with Crippen LogP contribution in [-0.2, 0) is 0 Å². The van der Waals surface area contributed by atoms with E-state index in [4.69, 9.17) is 0 Å². The highest BCUT2D eigenvalue weighted by molar-refractivity contribution is 4.99. The van der Waals surface area contributed by atoms with E-state index < -0.39 is 5.60 Å². The van der Waals surface area contributed by atoms with Crippen LogP contribution in [0.4, 0.5) is 0 Å². The molecule has 0 aromatic rings. The molecular formula is C10H18O. The van der Waals surface area contributed by atoms with Gasteiger partial charge in [0.1, 0.15) is 0 Å². The molecule has 1 nitrogen and oxygen atoms in total. The van der Waals surface area contributed by atoms with E-state index in [1.54, 1.807) is 0 Å². The van der Waals surface area contributed by atoms with Crippen LogP contribution in [0.1, 0.15) is 39.5 Å². The molecule has 1 rings (SSSR count). The second kappa shape index (κ2) is 2.98. The van der Waals surface area contributed by atoms with E-state index >= 15 is 0 Å². The highest BCUT2D eigenvalue weighted by Gasteiger charge is 2.28. The third-order valence-electron chi connectivity index (χ3n) is 2.76. The van der Waals surface area contributed by atoms with Crippen LogP contribution in [0.5, 0.6) is 0 Å². The summed E-state index contributed by atoms with van der Waals surface area (Å²) in [6.07, 6.45) is 4.10. The third-order valence-corrected chi connectivity index (χ3v) is 2.76. The van der Waals surface area contributed by atoms with Gasteiger partial charge in [-0.3, -0.25) is 0 Å². The summed E-state index contributed by atoms with van der Waals surface area (Å²) in [5.41, 5.74) is 0.881. The number of rotatable bonds is 1. The second-order valence-corrected chi connectivity index (χ2v) is 4.12. The second-order valence-electron chi connectivity index (χ2n) is 4.12. The minimum atomic E-state index is -0.397. The summed E-state index contributed by atoms with van der Waals surface area (Å²) in [5, 5.41) is 9.64. The monoisotopic (exact) mass is 154 g/mol. The topological polar surface area (TPSA) is 20.2 Å². The van der Waals surface area contributed by atoms with Gasteiger partial charge in [0.05, 0.1) is 5.60 Å². The zero-order chi connectivity index (χ0) is 8.48. The lowest BCUT2D eigenvalue weighted by Crippen LogP contribution is -2.30. The van der Waals surface area contributed by atoms with Crippen molar-refractivity contribution in [2.75, 3.05) is 0 Å². The minimum Gasteiger partial charge on any atom is -0.390 e. The summed E-state index contributed by atoms with van der Waals surface area (Å²) in [4.78, 5) is 0. The first-order chi connectivity index (χ1) is 5.01. The lowest BCUT2D eigenvalue weighted by molar-refractivity contribution is 0.0126. The molecule has 1 saturated carbocycles. The lowest BCUT2D eigenvalue weighted by atomic mass is 9.77. The van der Waals surface area contributed by atoms with E-state index in [-0.39, 0.29) is 0 Å². The van der Waals surface area contributed by atoms with Gasteiger partial charge in [-0.15, -0.1) is 0 Å². The Bertz CT molecular complexity index is 148. The first-order valence-electron chi connectivity index (χ1n) is 4.39. The molecule has 0 amide bonds. The van der Waals surface area contributed by atoms with Gasteiger partial charge in [-0.25, -0.2) is 0 Å². The van der Waals surface area contributed by atoms with Crippen LogP contribution < -0.4 is 0 Å². The Morgan fingerprint density at radius 2 is 1.91 bits per heavy atom. The minimum absolute atomic E-state index is 0.397. The Morgan fingerprint density at radius 1 is 1.45 bits per heavy atom. The number of aliphatic hydroxyl groups is 1. The fourth-order valence-electron chi connectivity index (χ4n) is 1.73. The SMILES string of the molecule is C=C(C)[C@H]1CC[C@](C)(O)CC1. The summed E-state index contributed by atoms with van der Waals surface area (Å²) >= 11 is 0. The van der Waals surface area contributed by atoms with E-state index in [0.29, 0.717) is 5.92 Å². The number of hydrogen-bond donors (Lipinski definition) is 1. The molecule has 11 heavy (non-hydrogen) atoms. The van der Waals surface area contributed by atoms with Crippen LogP contribution in [-0.4, -0.2) is 10.7 Å². The molecule has 0 aromatic heterocycles. The van der Waals surface area contributed by atoms with Crippen molar-refractivity contribution in [1.82, 2.24) is 0 Å². The van der Waals surface area contributed by atoms with Gasteiger partial charge in [0.25, 0.3) is 0 Å². The van der Waals surface area contributed by atoms with E-state index in [9.17, 15) is 5.11 Å². The molecule has 0 heterocycles. The maximum atomic E-state index is 9.64. The van der Waals surface area contributed by atoms with E-state index in [0.717, 1.165) is 25.7 Å². The summed E-state index contributed by atoms with van der Waals surface area (Å²) in [6, 6.07) is 0. The van der Waals surface area contributed by atoms with E-state index in [1.165, 1.54) is 5.57 Å². The average Bonchev–Trinajstić information content (AvgIpc) is 1.86. The zero-order valence-corrected chi connectivity index (χ0v) is 7.56. The van der Waals surface area contributed by atoms with Gasteiger partial charge in [-0.2, -0.15) is 0 Å². The van der Waals surface area contributed by atoms with Gasteiger partial charge in [-0.05, 0) is 45.4 Å². The van der Waals surface area contributed by atoms with Crippen molar-refractivity contribution in [3.8, 4) is 0 Å². The van der Waals surface area contributed by atoms with Crippen LogP contribution in [0.3, 0.4) is 0 Å². The predicted molar refractivity (Wildman–Crippen MR) is 47.4 cm³/mol. The van der Waals surface area contributed by atoms with E-state index in [1.807, 2.05) is 6.92 Å². The number of hydrogen-bond acceptors (Lipinski definition) is 1. The molecule has 0 atom stereocenters. The summed E-state index contributed by atoms with van der Waals surface area (Å²) in [7, 11) is 0. The summed E-state index contributed by atoms with van der Waals surface area (Å²) < 4.78 is 0. The Kier molecular flexibility index (Phi) is 2.38. The van der Waals surface area contributed by atoms with Crippen molar-refractivity contribution in [3.63, 3.8) is 0 Å². The van der Waals surface area contributed by atoms with Crippen molar-refractivity contribution in [2.45, 2.75) is 45.1 Å². The molecule has 1 heteroatoms. The molecule has 0 spiro atoms. The van der Waals surface area contributed by atoms with Gasteiger partial charge in [0.2, 0.25) is 0 Å². The Hall–Kier alpha value is -0.300. The van der Waals surface area contributed by atoms with Crippen LogP contribution in [0.2, 0.25) is 0 Å². The molecule has 0 bridgehead atoms. The van der Waals surface area contributed by atoms with Crippen molar-refractivity contribution < 1.29 is 5.11 Å². The first-order valence-corrected chi connectivity index (χ1v) is 4.39. The van der Waals surface area contributed by atoms with Gasteiger partial charge in [0, 0.05) is 0 Å². The Balaban J connectivity index is 2.42. The van der Waals surface area contributed by atoms with Gasteiger partial charge >= 0.3 is 0 Å². The summed E-state index contributed by atoms with van der Waals surface area (Å²) in [6.45, 7) is 7.97. The maximum Gasteiger partial charge on any atom is 0.0620 e. The molecule has 0 aliphatic heterocycles. The quantitative estimate of drug-likeness (QED) is 0.575. The average molecular weight is 154 g/mol. The van der Waals surface area contributed by atoms with Crippen LogP contribution in [0, 0.1) is 5.92 Å². The smallest absolute Gasteiger partial charge is 0.0620 e. The van der Waals surface area contributed by atoms with Crippen LogP contribution in [0.25, 0.3) is 0 Å². The predicted octanol–water partition coefficient (Wildman–Crippen LogP) is 2.50. The van der Waals surface area contributed by atoms with E-state index in [2.05, 4.69) is 13.5 Å². The van der Waals surface area contributed by atoms with Crippen molar-refractivity contribution in [2.24, 2.45) is 5.92 Å². The van der Waals surface area contributed by atoms with Crippen LogP contribution >= 0.6 is 0 Å². The van der Waals surface area contributed by atoms with Gasteiger partial charge in [-0.1, -0.05) is 12.2 Å². The molecule has 1 aliphatic carbocycles. The van der Waals surface area contributed by atoms with Gasteiger partial charge in [0.15, 0.2) is 0 Å². The Labute approximate surface area is 69.1 Å². The summed E-state index contributed by atoms with van der Waals surface area (Å²) in [5.74, 6) is 0.662. The fraction of sp³-hybridized carbons (Fsp3) is 0.800. The molecule has 0 aromatic carbocycles. The lowest BCUT2D eigenvalue weighted by Gasteiger charge is -2.33. The largest absolute Gasteiger partial charge is 0.390 e. The highest BCUT2D eigenvalue weighted by Crippen LogP contribution is 2.34. The van der Waals surface area contributed by atoms with Crippen molar-refractivity contribution in [3.05, 3.63) is 12.2 Å². The van der Waals surface area contributed by atoms with Gasteiger partial charge < -0.3 is 5.11 Å². The number of allylic oxidation sites excluding steroid dienone is 1. The molecular weight excluding hydrogens is 136 g/mol. The molecule has 1 N–H and O–H groups in total. The normalized spacial score (nSPS) is 38.6. The molecule has 64 valence electrons. The zero-order valence-electron chi connectivity index (χ0n) is 7.56. The fourth-order valence-corrected chi connectivity index (χ4v) is 1.73. The molecule has 1 fully saturated rings. The van der Waals surface area contributed by atoms with Crippen molar-refractivity contribution in [1.29, 1.82) is 0 Å². The molecule has 0 saturated heterocycles. The molecule has 0 radical (unpaired) electrons. The molecule has 0 unspecified atom stereocenters. The standard InChI is InChI=1S/C10H18O/c1-8(2)9-4-6-10(3,11)7-5-9/h9,11H,1,4-7H2,2-3H3/t9-,10-. The highest BCUT2D eigenvalue weighted by atomic mass is 16.3. The first kappa shape index (κ1) is 8.79. The Morgan fingerprint density at radius 3 is 2.27 bits per heavy atom. The third kappa shape index (κ3) is 2.33.